The maximum atomic E-state index is 13.2. The van der Waals surface area contributed by atoms with Gasteiger partial charge in [-0.1, -0.05) is 36.6 Å². The number of ketones is 1. The van der Waals surface area contributed by atoms with E-state index in [1.165, 1.54) is 13.2 Å². The highest BCUT2D eigenvalue weighted by Crippen LogP contribution is 2.45. The van der Waals surface area contributed by atoms with Crippen molar-refractivity contribution >= 4 is 17.4 Å². The summed E-state index contributed by atoms with van der Waals surface area (Å²) in [4.78, 5) is 27.9. The Kier molecular flexibility index (Phi) is 5.48. The number of carbonyl (C=O) groups is 2. The fourth-order valence-corrected chi connectivity index (χ4v) is 4.75. The molecular formula is C25H27NO5. The largest absolute Gasteiger partial charge is 0.507 e. The molecule has 2 aromatic carbocycles. The summed E-state index contributed by atoms with van der Waals surface area (Å²) < 4.78 is 5.15. The summed E-state index contributed by atoms with van der Waals surface area (Å²) in [6.45, 7) is 3.77. The summed E-state index contributed by atoms with van der Waals surface area (Å²) in [6.07, 6.45) is 3.61. The van der Waals surface area contributed by atoms with E-state index in [0.29, 0.717) is 16.9 Å². The molecule has 1 atom stereocenters. The lowest BCUT2D eigenvalue weighted by molar-refractivity contribution is -0.141. The number of aryl methyl sites for hydroxylation is 2. The molecule has 0 bridgehead atoms. The third-order valence-electron chi connectivity index (χ3n) is 6.37. The van der Waals surface area contributed by atoms with Crippen molar-refractivity contribution in [2.24, 2.45) is 0 Å². The quantitative estimate of drug-likeness (QED) is 0.435. The summed E-state index contributed by atoms with van der Waals surface area (Å²) in [5, 5.41) is 21.6. The summed E-state index contributed by atoms with van der Waals surface area (Å²) in [5.41, 5.74) is 2.92. The van der Waals surface area contributed by atoms with Crippen LogP contribution in [0.4, 0.5) is 0 Å². The number of amides is 1. The number of rotatable bonds is 4. The number of carbonyl (C=O) groups excluding carboxylic acids is 2. The van der Waals surface area contributed by atoms with Gasteiger partial charge in [0.1, 0.15) is 5.76 Å². The van der Waals surface area contributed by atoms with E-state index < -0.39 is 17.7 Å². The fraction of sp³-hybridized carbons (Fsp3) is 0.360. The van der Waals surface area contributed by atoms with E-state index in [1.807, 2.05) is 32.0 Å². The molecule has 1 heterocycles. The average molecular weight is 421 g/mol. The molecular weight excluding hydrogens is 394 g/mol. The van der Waals surface area contributed by atoms with Gasteiger partial charge in [0, 0.05) is 11.6 Å². The van der Waals surface area contributed by atoms with Crippen LogP contribution in [0, 0.1) is 13.8 Å². The first kappa shape index (κ1) is 21.0. The Labute approximate surface area is 181 Å². The molecule has 2 aromatic rings. The third kappa shape index (κ3) is 3.56. The highest BCUT2D eigenvalue weighted by molar-refractivity contribution is 6.46. The number of nitrogens with zero attached hydrogens (tertiary/aromatic N) is 1. The molecule has 1 amide bonds. The highest BCUT2D eigenvalue weighted by Gasteiger charge is 2.49. The van der Waals surface area contributed by atoms with Crippen molar-refractivity contribution in [1.82, 2.24) is 4.90 Å². The second kappa shape index (κ2) is 8.10. The maximum absolute atomic E-state index is 13.2. The van der Waals surface area contributed by atoms with E-state index in [2.05, 4.69) is 0 Å². The predicted octanol–water partition coefficient (Wildman–Crippen LogP) is 4.38. The summed E-state index contributed by atoms with van der Waals surface area (Å²) >= 11 is 0. The predicted molar refractivity (Wildman–Crippen MR) is 117 cm³/mol. The highest BCUT2D eigenvalue weighted by atomic mass is 16.5. The number of ether oxygens (including phenoxy) is 1. The van der Waals surface area contributed by atoms with Gasteiger partial charge in [0.2, 0.25) is 0 Å². The molecule has 0 spiro atoms. The molecule has 6 heteroatoms. The monoisotopic (exact) mass is 421 g/mol. The van der Waals surface area contributed by atoms with Crippen LogP contribution in [-0.4, -0.2) is 40.0 Å². The molecule has 1 aliphatic heterocycles. The topological polar surface area (TPSA) is 87.1 Å². The number of aromatic hydroxyl groups is 1. The first-order valence-corrected chi connectivity index (χ1v) is 10.6. The molecule has 0 aromatic heterocycles. The standard InChI is InChI=1S/C25H27NO5/c1-14-8-9-15(2)18(12-14)23(28)21-22(16-10-11-20(31-3)19(27)13-16)26(25(30)24(21)29)17-6-4-5-7-17/h8-13,17,22,27-28H,4-7H2,1-3H3/b23-21+. The smallest absolute Gasteiger partial charge is 0.295 e. The molecule has 1 aliphatic carbocycles. The first-order valence-electron chi connectivity index (χ1n) is 10.6. The number of benzene rings is 2. The Hall–Kier alpha value is -3.28. The second-order valence-corrected chi connectivity index (χ2v) is 8.39. The molecule has 6 nitrogen and oxygen atoms in total. The van der Waals surface area contributed by atoms with Crippen molar-refractivity contribution in [2.75, 3.05) is 7.11 Å². The minimum absolute atomic E-state index is 0.0650. The summed E-state index contributed by atoms with van der Waals surface area (Å²) in [5.74, 6) is -1.25. The number of likely N-dealkylation sites (tertiary alicyclic amines) is 1. The van der Waals surface area contributed by atoms with Gasteiger partial charge >= 0.3 is 0 Å². The molecule has 0 radical (unpaired) electrons. The first-order chi connectivity index (χ1) is 14.8. The van der Waals surface area contributed by atoms with Gasteiger partial charge in [0.25, 0.3) is 11.7 Å². The molecule has 2 fully saturated rings. The van der Waals surface area contributed by atoms with Gasteiger partial charge in [0.15, 0.2) is 11.5 Å². The molecule has 1 saturated heterocycles. The zero-order chi connectivity index (χ0) is 22.3. The Balaban J connectivity index is 1.93. The van der Waals surface area contributed by atoms with Crippen LogP contribution in [0.3, 0.4) is 0 Å². The zero-order valence-electron chi connectivity index (χ0n) is 18.0. The van der Waals surface area contributed by atoms with Gasteiger partial charge in [0.05, 0.1) is 18.7 Å². The van der Waals surface area contributed by atoms with Crippen LogP contribution in [0.1, 0.15) is 54.0 Å². The SMILES string of the molecule is COc1ccc(C2/C(=C(\O)c3cc(C)ccc3C)C(=O)C(=O)N2C2CCCC2)cc1O. The van der Waals surface area contributed by atoms with Crippen molar-refractivity contribution < 1.29 is 24.5 Å². The molecule has 4 rings (SSSR count). The van der Waals surface area contributed by atoms with Crippen molar-refractivity contribution in [2.45, 2.75) is 51.6 Å². The average Bonchev–Trinajstić information content (AvgIpc) is 3.36. The summed E-state index contributed by atoms with van der Waals surface area (Å²) in [6, 6.07) is 9.64. The molecule has 2 N–H and O–H groups in total. The number of Topliss-reactive ketones (excluding diaryl/α,β-unsaturated/α-hetero) is 1. The lowest BCUT2D eigenvalue weighted by Gasteiger charge is -2.31. The van der Waals surface area contributed by atoms with Gasteiger partial charge in [-0.2, -0.15) is 0 Å². The van der Waals surface area contributed by atoms with E-state index in [0.717, 1.165) is 36.8 Å². The van der Waals surface area contributed by atoms with Crippen LogP contribution in [0.15, 0.2) is 42.0 Å². The Morgan fingerprint density at radius 3 is 2.42 bits per heavy atom. The Morgan fingerprint density at radius 2 is 1.77 bits per heavy atom. The van der Waals surface area contributed by atoms with Gasteiger partial charge in [-0.25, -0.2) is 0 Å². The lowest BCUT2D eigenvalue weighted by Crippen LogP contribution is -2.37. The minimum atomic E-state index is -0.764. The van der Waals surface area contributed by atoms with Crippen LogP contribution in [0.2, 0.25) is 0 Å². The normalized spacial score (nSPS) is 21.1. The minimum Gasteiger partial charge on any atom is -0.507 e. The van der Waals surface area contributed by atoms with Crippen LogP contribution < -0.4 is 4.74 Å². The molecule has 1 saturated carbocycles. The van der Waals surface area contributed by atoms with Gasteiger partial charge in [-0.05, 0) is 56.0 Å². The van der Waals surface area contributed by atoms with Crippen molar-refractivity contribution in [1.29, 1.82) is 0 Å². The van der Waals surface area contributed by atoms with Gasteiger partial charge in [-0.3, -0.25) is 9.59 Å². The van der Waals surface area contributed by atoms with Crippen LogP contribution in [-0.2, 0) is 9.59 Å². The van der Waals surface area contributed by atoms with E-state index in [1.54, 1.807) is 17.0 Å². The molecule has 162 valence electrons. The van der Waals surface area contributed by atoms with Crippen LogP contribution >= 0.6 is 0 Å². The van der Waals surface area contributed by atoms with Crippen molar-refractivity contribution in [3.63, 3.8) is 0 Å². The Morgan fingerprint density at radius 1 is 1.06 bits per heavy atom. The lowest BCUT2D eigenvalue weighted by atomic mass is 9.92. The summed E-state index contributed by atoms with van der Waals surface area (Å²) in [7, 11) is 1.46. The van der Waals surface area contributed by atoms with Crippen molar-refractivity contribution in [3.8, 4) is 11.5 Å². The number of aliphatic hydroxyl groups excluding tert-OH is 1. The number of phenolic OH excluding ortho intramolecular Hbond substituents is 1. The number of hydrogen-bond donors (Lipinski definition) is 2. The second-order valence-electron chi connectivity index (χ2n) is 8.39. The number of aliphatic hydroxyl groups is 1. The fourth-order valence-electron chi connectivity index (χ4n) is 4.75. The van der Waals surface area contributed by atoms with Gasteiger partial charge < -0.3 is 19.8 Å². The van der Waals surface area contributed by atoms with E-state index in [9.17, 15) is 19.8 Å². The zero-order valence-corrected chi connectivity index (χ0v) is 18.0. The van der Waals surface area contributed by atoms with E-state index in [4.69, 9.17) is 4.74 Å². The Bertz CT molecular complexity index is 1080. The van der Waals surface area contributed by atoms with Crippen LogP contribution in [0.25, 0.3) is 5.76 Å². The number of hydrogen-bond acceptors (Lipinski definition) is 5. The van der Waals surface area contributed by atoms with E-state index >= 15 is 0 Å². The molecule has 31 heavy (non-hydrogen) atoms. The maximum Gasteiger partial charge on any atom is 0.295 e. The van der Waals surface area contributed by atoms with Gasteiger partial charge in [-0.15, -0.1) is 0 Å². The third-order valence-corrected chi connectivity index (χ3v) is 6.37. The van der Waals surface area contributed by atoms with Crippen molar-refractivity contribution in [3.05, 3.63) is 64.2 Å². The van der Waals surface area contributed by atoms with E-state index in [-0.39, 0.29) is 23.1 Å². The molecule has 2 aliphatic rings. The number of methoxy groups -OCH3 is 1. The number of phenols is 1. The molecule has 1 unspecified atom stereocenters. The van der Waals surface area contributed by atoms with Crippen LogP contribution in [0.5, 0.6) is 11.5 Å².